The number of nitrogens with zero attached hydrogens (tertiary/aromatic N) is 2. The van der Waals surface area contributed by atoms with Crippen molar-refractivity contribution in [3.63, 3.8) is 0 Å². The molecule has 0 fully saturated rings. The largest absolute Gasteiger partial charge is 0.465 e. The van der Waals surface area contributed by atoms with Crippen LogP contribution in [0.2, 0.25) is 0 Å². The summed E-state index contributed by atoms with van der Waals surface area (Å²) in [7, 11) is 3.20. The van der Waals surface area contributed by atoms with E-state index in [-0.39, 0.29) is 5.91 Å². The van der Waals surface area contributed by atoms with Crippen molar-refractivity contribution in [2.24, 2.45) is 0 Å². The minimum absolute atomic E-state index is 0.0991. The maximum absolute atomic E-state index is 12.0. The zero-order chi connectivity index (χ0) is 14.4. The monoisotopic (exact) mass is 265 g/mol. The molecule has 0 atom stereocenters. The Balaban J connectivity index is 2.45. The number of carbonyl (C=O) groups excluding carboxylic acids is 1. The van der Waals surface area contributed by atoms with Crippen LogP contribution >= 0.6 is 0 Å². The van der Waals surface area contributed by atoms with Crippen LogP contribution in [0, 0.1) is 0 Å². The average Bonchev–Trinajstić information content (AvgIpc) is 2.38. The number of nitrogen functional groups attached to an aromatic ring is 1. The quantitative estimate of drug-likeness (QED) is 0.786. The number of rotatable bonds is 5. The summed E-state index contributed by atoms with van der Waals surface area (Å²) < 4.78 is 0. The summed E-state index contributed by atoms with van der Waals surface area (Å²) in [6.45, 7) is 0.898. The summed E-state index contributed by atoms with van der Waals surface area (Å²) in [6.07, 6.45) is -0.368. The minimum Gasteiger partial charge on any atom is -0.465 e. The number of carbonyl (C=O) groups is 2. The molecule has 104 valence electrons. The fourth-order valence-electron chi connectivity index (χ4n) is 1.59. The minimum atomic E-state index is -0.965. The molecule has 19 heavy (non-hydrogen) atoms. The highest BCUT2D eigenvalue weighted by atomic mass is 16.4. The molecular weight excluding hydrogens is 246 g/mol. The zero-order valence-corrected chi connectivity index (χ0v) is 11.2. The molecular formula is C13H19N3O3. The predicted octanol–water partition coefficient (Wildman–Crippen LogP) is 1.34. The van der Waals surface area contributed by atoms with E-state index in [9.17, 15) is 9.59 Å². The van der Waals surface area contributed by atoms with Crippen LogP contribution in [0.3, 0.4) is 0 Å². The lowest BCUT2D eigenvalue weighted by atomic mass is 10.2. The number of carboxylic acid groups (broad SMARTS) is 1. The maximum atomic E-state index is 12.0. The topological polar surface area (TPSA) is 86.9 Å². The fraction of sp³-hybridized carbons (Fsp3) is 0.385. The van der Waals surface area contributed by atoms with Gasteiger partial charge in [-0.2, -0.15) is 0 Å². The molecule has 0 aliphatic carbocycles. The lowest BCUT2D eigenvalue weighted by Gasteiger charge is -2.19. The van der Waals surface area contributed by atoms with Gasteiger partial charge in [-0.1, -0.05) is 0 Å². The third-order valence-electron chi connectivity index (χ3n) is 2.82. The highest BCUT2D eigenvalue weighted by Gasteiger charge is 2.12. The second-order valence-corrected chi connectivity index (χ2v) is 4.41. The number of hydrogen-bond donors (Lipinski definition) is 2. The fourth-order valence-corrected chi connectivity index (χ4v) is 1.59. The second-order valence-electron chi connectivity index (χ2n) is 4.41. The summed E-state index contributed by atoms with van der Waals surface area (Å²) in [5, 5.41) is 8.69. The number of benzene rings is 1. The van der Waals surface area contributed by atoms with E-state index in [2.05, 4.69) is 0 Å². The number of nitrogens with two attached hydrogens (primary N) is 1. The van der Waals surface area contributed by atoms with Gasteiger partial charge in [0, 0.05) is 38.4 Å². The van der Waals surface area contributed by atoms with Crippen molar-refractivity contribution in [1.82, 2.24) is 9.80 Å². The van der Waals surface area contributed by atoms with Gasteiger partial charge in [-0.25, -0.2) is 4.79 Å². The van der Waals surface area contributed by atoms with Crippen LogP contribution in [0.25, 0.3) is 0 Å². The lowest BCUT2D eigenvalue weighted by molar-refractivity contribution is 0.0790. The predicted molar refractivity (Wildman–Crippen MR) is 73.1 cm³/mol. The van der Waals surface area contributed by atoms with Gasteiger partial charge in [0.2, 0.25) is 0 Å². The first-order valence-corrected chi connectivity index (χ1v) is 5.97. The van der Waals surface area contributed by atoms with Crippen molar-refractivity contribution in [2.75, 3.05) is 32.9 Å². The lowest BCUT2D eigenvalue weighted by Crippen LogP contribution is -2.32. The first kappa shape index (κ1) is 14.8. The number of anilines is 1. The highest BCUT2D eigenvalue weighted by molar-refractivity contribution is 5.94. The Labute approximate surface area is 112 Å². The molecule has 2 amide bonds. The molecule has 1 aromatic carbocycles. The number of hydrogen-bond acceptors (Lipinski definition) is 3. The Bertz CT molecular complexity index is 445. The van der Waals surface area contributed by atoms with E-state index >= 15 is 0 Å². The SMILES string of the molecule is CN(CCCN(C)C(=O)c1ccc(N)cc1)C(=O)O. The molecule has 0 saturated carbocycles. The first-order valence-electron chi connectivity index (χ1n) is 5.97. The van der Waals surface area contributed by atoms with Gasteiger partial charge in [-0.05, 0) is 30.7 Å². The van der Waals surface area contributed by atoms with E-state index in [1.54, 1.807) is 36.2 Å². The summed E-state index contributed by atoms with van der Waals surface area (Å²) >= 11 is 0. The van der Waals surface area contributed by atoms with E-state index < -0.39 is 6.09 Å². The van der Waals surface area contributed by atoms with Gasteiger partial charge < -0.3 is 20.6 Å². The third kappa shape index (κ3) is 4.50. The van der Waals surface area contributed by atoms with E-state index in [1.165, 1.54) is 11.9 Å². The van der Waals surface area contributed by atoms with E-state index in [1.807, 2.05) is 0 Å². The van der Waals surface area contributed by atoms with Gasteiger partial charge in [0.1, 0.15) is 0 Å². The van der Waals surface area contributed by atoms with E-state index in [0.29, 0.717) is 30.8 Å². The summed E-state index contributed by atoms with van der Waals surface area (Å²) in [6, 6.07) is 6.72. The normalized spacial score (nSPS) is 10.0. The molecule has 6 nitrogen and oxygen atoms in total. The van der Waals surface area contributed by atoms with Gasteiger partial charge in [0.15, 0.2) is 0 Å². The van der Waals surface area contributed by atoms with Gasteiger partial charge in [-0.15, -0.1) is 0 Å². The van der Waals surface area contributed by atoms with E-state index in [0.717, 1.165) is 0 Å². The van der Waals surface area contributed by atoms with Crippen LogP contribution < -0.4 is 5.73 Å². The van der Waals surface area contributed by atoms with Crippen LogP contribution in [0.15, 0.2) is 24.3 Å². The molecule has 0 aromatic heterocycles. The Hall–Kier alpha value is -2.24. The van der Waals surface area contributed by atoms with Gasteiger partial charge in [0.05, 0.1) is 0 Å². The van der Waals surface area contributed by atoms with Crippen LogP contribution in [0.5, 0.6) is 0 Å². The summed E-state index contributed by atoms with van der Waals surface area (Å²) in [4.78, 5) is 25.4. The van der Waals surface area contributed by atoms with Crippen LogP contribution in [-0.4, -0.2) is 54.1 Å². The van der Waals surface area contributed by atoms with Gasteiger partial charge >= 0.3 is 6.09 Å². The molecule has 0 spiro atoms. The Kier molecular flexibility index (Phi) is 5.17. The molecule has 0 aliphatic rings. The molecule has 0 unspecified atom stereocenters. The average molecular weight is 265 g/mol. The van der Waals surface area contributed by atoms with Crippen molar-refractivity contribution in [3.05, 3.63) is 29.8 Å². The van der Waals surface area contributed by atoms with Crippen molar-refractivity contribution >= 4 is 17.7 Å². The van der Waals surface area contributed by atoms with Crippen LogP contribution in [-0.2, 0) is 0 Å². The molecule has 6 heteroatoms. The van der Waals surface area contributed by atoms with Crippen molar-refractivity contribution < 1.29 is 14.7 Å². The van der Waals surface area contributed by atoms with Crippen molar-refractivity contribution in [2.45, 2.75) is 6.42 Å². The van der Waals surface area contributed by atoms with Gasteiger partial charge in [0.25, 0.3) is 5.91 Å². The molecule has 0 aliphatic heterocycles. The number of amides is 2. The molecule has 1 aromatic rings. The molecule has 0 heterocycles. The standard InChI is InChI=1S/C13H19N3O3/c1-15(8-3-9-16(2)13(18)19)12(17)10-4-6-11(14)7-5-10/h4-7H,3,8-9,14H2,1-2H3,(H,18,19). The molecule has 0 saturated heterocycles. The Morgan fingerprint density at radius 3 is 2.16 bits per heavy atom. The Morgan fingerprint density at radius 2 is 1.63 bits per heavy atom. The van der Waals surface area contributed by atoms with Crippen LogP contribution in [0.1, 0.15) is 16.8 Å². The first-order chi connectivity index (χ1) is 8.91. The maximum Gasteiger partial charge on any atom is 0.407 e. The molecule has 3 N–H and O–H groups in total. The van der Waals surface area contributed by atoms with Crippen molar-refractivity contribution in [1.29, 1.82) is 0 Å². The molecule has 0 radical (unpaired) electrons. The smallest absolute Gasteiger partial charge is 0.407 e. The highest BCUT2D eigenvalue weighted by Crippen LogP contribution is 2.08. The van der Waals surface area contributed by atoms with Gasteiger partial charge in [-0.3, -0.25) is 4.79 Å². The second kappa shape index (κ2) is 6.63. The molecule has 1 rings (SSSR count). The van der Waals surface area contributed by atoms with Crippen molar-refractivity contribution in [3.8, 4) is 0 Å². The molecule has 0 bridgehead atoms. The zero-order valence-electron chi connectivity index (χ0n) is 11.2. The third-order valence-corrected chi connectivity index (χ3v) is 2.82. The van der Waals surface area contributed by atoms with Crippen LogP contribution in [0.4, 0.5) is 10.5 Å². The Morgan fingerprint density at radius 1 is 1.11 bits per heavy atom. The summed E-state index contributed by atoms with van der Waals surface area (Å²) in [5.74, 6) is -0.0991. The summed E-state index contributed by atoms with van der Waals surface area (Å²) in [5.41, 5.74) is 6.74. The van der Waals surface area contributed by atoms with E-state index in [4.69, 9.17) is 10.8 Å².